The van der Waals surface area contributed by atoms with Crippen LogP contribution < -0.4 is 11.1 Å². The van der Waals surface area contributed by atoms with Crippen LogP contribution >= 0.6 is 0 Å². The second-order valence-corrected chi connectivity index (χ2v) is 6.44. The lowest BCUT2D eigenvalue weighted by molar-refractivity contribution is -0.136. The minimum absolute atomic E-state index is 0.108. The number of nitrogens with two attached hydrogens (primary N) is 1. The molecule has 0 saturated carbocycles. The summed E-state index contributed by atoms with van der Waals surface area (Å²) in [7, 11) is 0. The summed E-state index contributed by atoms with van der Waals surface area (Å²) in [6, 6.07) is 4.21. The van der Waals surface area contributed by atoms with Crippen LogP contribution in [0.1, 0.15) is 46.0 Å². The quantitative estimate of drug-likeness (QED) is 0.685. The van der Waals surface area contributed by atoms with E-state index in [9.17, 15) is 19.2 Å². The fourth-order valence-electron chi connectivity index (χ4n) is 3.49. The maximum Gasteiger partial charge on any atom is 0.262 e. The van der Waals surface area contributed by atoms with Gasteiger partial charge < -0.3 is 5.73 Å². The predicted octanol–water partition coefficient (Wildman–Crippen LogP) is -0.132. The zero-order chi connectivity index (χ0) is 18.8. The van der Waals surface area contributed by atoms with E-state index in [1.54, 1.807) is 12.1 Å². The van der Waals surface area contributed by atoms with Gasteiger partial charge in [0.1, 0.15) is 6.04 Å². The highest BCUT2D eigenvalue weighted by molar-refractivity contribution is 6.24. The smallest absolute Gasteiger partial charge is 0.262 e. The first kappa shape index (κ1) is 18.2. The van der Waals surface area contributed by atoms with E-state index in [1.165, 1.54) is 0 Å². The van der Waals surface area contributed by atoms with Gasteiger partial charge in [-0.2, -0.15) is 0 Å². The van der Waals surface area contributed by atoms with E-state index in [1.807, 2.05) is 13.0 Å². The zero-order valence-corrected chi connectivity index (χ0v) is 14.7. The van der Waals surface area contributed by atoms with Crippen LogP contribution in [-0.2, 0) is 16.1 Å². The van der Waals surface area contributed by atoms with Crippen LogP contribution in [0.25, 0.3) is 0 Å². The van der Waals surface area contributed by atoms with Crippen molar-refractivity contribution >= 4 is 23.6 Å². The van der Waals surface area contributed by atoms with Gasteiger partial charge in [0, 0.05) is 26.1 Å². The molecule has 138 valence electrons. The Bertz CT molecular complexity index is 776. The number of likely N-dealkylation sites (N-methyl/N-ethyl adjacent to an activating group) is 1. The summed E-state index contributed by atoms with van der Waals surface area (Å²) in [6.45, 7) is 4.44. The van der Waals surface area contributed by atoms with E-state index < -0.39 is 23.8 Å². The molecule has 1 fully saturated rings. The van der Waals surface area contributed by atoms with Gasteiger partial charge in [0.2, 0.25) is 11.8 Å². The van der Waals surface area contributed by atoms with E-state index in [4.69, 9.17) is 5.73 Å². The summed E-state index contributed by atoms with van der Waals surface area (Å²) in [6.07, 6.45) is 0.260. The molecule has 1 atom stereocenters. The first-order chi connectivity index (χ1) is 12.5. The van der Waals surface area contributed by atoms with Gasteiger partial charge >= 0.3 is 0 Å². The van der Waals surface area contributed by atoms with E-state index >= 15 is 0 Å². The van der Waals surface area contributed by atoms with E-state index in [-0.39, 0.29) is 18.7 Å². The Morgan fingerprint density at radius 3 is 2.65 bits per heavy atom. The molecule has 1 unspecified atom stereocenters. The summed E-state index contributed by atoms with van der Waals surface area (Å²) in [4.78, 5) is 52.3. The minimum atomic E-state index is -0.945. The molecular weight excluding hydrogens is 336 g/mol. The second-order valence-electron chi connectivity index (χ2n) is 6.44. The summed E-state index contributed by atoms with van der Waals surface area (Å²) >= 11 is 0. The maximum atomic E-state index is 13.0. The predicted molar refractivity (Wildman–Crippen MR) is 93.1 cm³/mol. The Morgan fingerprint density at radius 1 is 1.23 bits per heavy atom. The van der Waals surface area contributed by atoms with E-state index in [0.717, 1.165) is 17.0 Å². The number of carbonyl (C=O) groups is 4. The molecule has 3 rings (SSSR count). The molecule has 0 bridgehead atoms. The van der Waals surface area contributed by atoms with Crippen molar-refractivity contribution in [2.24, 2.45) is 5.73 Å². The standard InChI is InChI=1S/C18H22N4O4/c1-2-21(9-8-19)10-11-4-3-5-12-15(11)18(26)22(17(12)25)13-6-7-14(23)20-16(13)24/h3-5,13H,2,6-10,19H2,1H3,(H,20,23,24). The lowest BCUT2D eigenvalue weighted by Gasteiger charge is -2.28. The number of benzene rings is 1. The molecule has 0 radical (unpaired) electrons. The lowest BCUT2D eigenvalue weighted by atomic mass is 10.0. The zero-order valence-electron chi connectivity index (χ0n) is 14.7. The third-order valence-electron chi connectivity index (χ3n) is 4.84. The molecule has 2 aliphatic heterocycles. The van der Waals surface area contributed by atoms with Gasteiger partial charge in [-0.25, -0.2) is 0 Å². The average molecular weight is 358 g/mol. The summed E-state index contributed by atoms with van der Waals surface area (Å²) in [5.41, 5.74) is 7.02. The molecule has 0 aliphatic carbocycles. The van der Waals surface area contributed by atoms with Crippen molar-refractivity contribution in [1.82, 2.24) is 15.1 Å². The second kappa shape index (κ2) is 7.35. The van der Waals surface area contributed by atoms with Crippen molar-refractivity contribution in [1.29, 1.82) is 0 Å². The Morgan fingerprint density at radius 2 is 2.00 bits per heavy atom. The van der Waals surface area contributed by atoms with Crippen LogP contribution in [0.4, 0.5) is 0 Å². The number of hydrogen-bond acceptors (Lipinski definition) is 6. The molecule has 3 N–H and O–H groups in total. The first-order valence-corrected chi connectivity index (χ1v) is 8.73. The SMILES string of the molecule is CCN(CCN)Cc1cccc2c1C(=O)N(C1CCC(=O)NC1=O)C2=O. The molecule has 8 nitrogen and oxygen atoms in total. The van der Waals surface area contributed by atoms with Gasteiger partial charge in [0.05, 0.1) is 11.1 Å². The van der Waals surface area contributed by atoms with Gasteiger partial charge in [0.25, 0.3) is 11.8 Å². The fraction of sp³-hybridized carbons (Fsp3) is 0.444. The number of hydrogen-bond donors (Lipinski definition) is 2. The monoisotopic (exact) mass is 358 g/mol. The molecule has 26 heavy (non-hydrogen) atoms. The largest absolute Gasteiger partial charge is 0.329 e. The van der Waals surface area contributed by atoms with E-state index in [2.05, 4.69) is 10.2 Å². The number of amides is 4. The Kier molecular flexibility index (Phi) is 5.15. The lowest BCUT2D eigenvalue weighted by Crippen LogP contribution is -2.54. The molecule has 2 aliphatic rings. The van der Waals surface area contributed by atoms with Crippen molar-refractivity contribution in [2.75, 3.05) is 19.6 Å². The van der Waals surface area contributed by atoms with Crippen molar-refractivity contribution < 1.29 is 19.2 Å². The average Bonchev–Trinajstić information content (AvgIpc) is 2.87. The van der Waals surface area contributed by atoms with Crippen LogP contribution in [0.3, 0.4) is 0 Å². The fourth-order valence-corrected chi connectivity index (χ4v) is 3.49. The van der Waals surface area contributed by atoms with Crippen molar-refractivity contribution in [3.05, 3.63) is 34.9 Å². The first-order valence-electron chi connectivity index (χ1n) is 8.73. The Hall–Kier alpha value is -2.58. The van der Waals surface area contributed by atoms with Crippen LogP contribution in [0.15, 0.2) is 18.2 Å². The number of fused-ring (bicyclic) bond motifs is 1. The van der Waals surface area contributed by atoms with Crippen molar-refractivity contribution in [3.8, 4) is 0 Å². The highest BCUT2D eigenvalue weighted by Gasteiger charge is 2.45. The van der Waals surface area contributed by atoms with Crippen molar-refractivity contribution in [2.45, 2.75) is 32.4 Å². The highest BCUT2D eigenvalue weighted by atomic mass is 16.2. The number of imide groups is 2. The van der Waals surface area contributed by atoms with Crippen LogP contribution in [0.2, 0.25) is 0 Å². The normalized spacial score (nSPS) is 20.0. The molecule has 0 aromatic heterocycles. The number of piperidine rings is 1. The van der Waals surface area contributed by atoms with Crippen LogP contribution in [0.5, 0.6) is 0 Å². The van der Waals surface area contributed by atoms with Gasteiger partial charge in [-0.05, 0) is 24.6 Å². The maximum absolute atomic E-state index is 13.0. The van der Waals surface area contributed by atoms with Gasteiger partial charge in [-0.15, -0.1) is 0 Å². The molecule has 8 heteroatoms. The van der Waals surface area contributed by atoms with E-state index in [0.29, 0.717) is 30.8 Å². The number of carbonyl (C=O) groups excluding carboxylic acids is 4. The number of nitrogens with zero attached hydrogens (tertiary/aromatic N) is 2. The Balaban J connectivity index is 1.91. The summed E-state index contributed by atoms with van der Waals surface area (Å²) in [5.74, 6) is -1.94. The molecule has 1 aromatic carbocycles. The molecule has 1 saturated heterocycles. The third kappa shape index (κ3) is 3.13. The van der Waals surface area contributed by atoms with Crippen LogP contribution in [-0.4, -0.2) is 59.1 Å². The minimum Gasteiger partial charge on any atom is -0.329 e. The molecule has 1 aromatic rings. The molecule has 0 spiro atoms. The third-order valence-corrected chi connectivity index (χ3v) is 4.84. The van der Waals surface area contributed by atoms with Gasteiger partial charge in [0.15, 0.2) is 0 Å². The Labute approximate surface area is 151 Å². The molecule has 4 amide bonds. The molecule has 2 heterocycles. The van der Waals surface area contributed by atoms with Gasteiger partial charge in [-0.3, -0.25) is 34.3 Å². The van der Waals surface area contributed by atoms with Crippen molar-refractivity contribution in [3.63, 3.8) is 0 Å². The summed E-state index contributed by atoms with van der Waals surface area (Å²) < 4.78 is 0. The summed E-state index contributed by atoms with van der Waals surface area (Å²) in [5, 5.41) is 2.20. The topological polar surface area (TPSA) is 113 Å². The molecular formula is C18H22N4O4. The highest BCUT2D eigenvalue weighted by Crippen LogP contribution is 2.30. The van der Waals surface area contributed by atoms with Gasteiger partial charge in [-0.1, -0.05) is 19.1 Å². The van der Waals surface area contributed by atoms with Crippen LogP contribution in [0, 0.1) is 0 Å². The number of nitrogens with one attached hydrogen (secondary N) is 1. The number of rotatable bonds is 6.